The monoisotopic (exact) mass is 284 g/mol. The standard InChI is InChI=1S/C11H17BrN4/c1-16(2)11(4-3-5-11)8-15-10-13-6-9(12)7-14-10/h6-7H,3-5,8H2,1-2H3,(H,13,14,15). The summed E-state index contributed by atoms with van der Waals surface area (Å²) in [4.78, 5) is 10.7. The summed E-state index contributed by atoms with van der Waals surface area (Å²) >= 11 is 3.32. The Labute approximate surface area is 105 Å². The van der Waals surface area contributed by atoms with Crippen molar-refractivity contribution in [3.05, 3.63) is 16.9 Å². The maximum atomic E-state index is 4.21. The fourth-order valence-corrected chi connectivity index (χ4v) is 2.22. The number of anilines is 1. The average Bonchev–Trinajstić information content (AvgIpc) is 2.18. The molecule has 0 radical (unpaired) electrons. The second-order valence-corrected chi connectivity index (χ2v) is 5.47. The molecule has 1 aromatic heterocycles. The Morgan fingerprint density at radius 2 is 2.00 bits per heavy atom. The fourth-order valence-electron chi connectivity index (χ4n) is 2.01. The first-order valence-corrected chi connectivity index (χ1v) is 6.31. The van der Waals surface area contributed by atoms with Crippen LogP contribution in [-0.4, -0.2) is 41.0 Å². The van der Waals surface area contributed by atoms with Crippen LogP contribution in [0.2, 0.25) is 0 Å². The van der Waals surface area contributed by atoms with Gasteiger partial charge in [0, 0.05) is 24.5 Å². The lowest BCUT2D eigenvalue weighted by molar-refractivity contribution is 0.0737. The van der Waals surface area contributed by atoms with Gasteiger partial charge in [0.25, 0.3) is 0 Å². The molecule has 0 aromatic carbocycles. The highest BCUT2D eigenvalue weighted by molar-refractivity contribution is 9.10. The van der Waals surface area contributed by atoms with Crippen molar-refractivity contribution in [1.82, 2.24) is 14.9 Å². The highest BCUT2D eigenvalue weighted by Gasteiger charge is 2.38. The van der Waals surface area contributed by atoms with E-state index in [2.05, 4.69) is 50.2 Å². The first kappa shape index (κ1) is 11.8. The number of nitrogens with one attached hydrogen (secondary N) is 1. The van der Waals surface area contributed by atoms with Crippen LogP contribution < -0.4 is 5.32 Å². The van der Waals surface area contributed by atoms with Gasteiger partial charge in [-0.3, -0.25) is 0 Å². The quantitative estimate of drug-likeness (QED) is 0.920. The molecule has 1 N–H and O–H groups in total. The molecule has 1 aromatic rings. The van der Waals surface area contributed by atoms with Crippen LogP contribution in [0.25, 0.3) is 0 Å². The minimum absolute atomic E-state index is 0.302. The normalized spacial score (nSPS) is 18.2. The van der Waals surface area contributed by atoms with Gasteiger partial charge in [-0.1, -0.05) is 0 Å². The Morgan fingerprint density at radius 3 is 2.44 bits per heavy atom. The summed E-state index contributed by atoms with van der Waals surface area (Å²) in [6.45, 7) is 0.918. The van der Waals surface area contributed by atoms with Crippen LogP contribution >= 0.6 is 15.9 Å². The summed E-state index contributed by atoms with van der Waals surface area (Å²) in [5, 5.41) is 3.31. The molecule has 0 saturated heterocycles. The number of halogens is 1. The van der Waals surface area contributed by atoms with Crippen LogP contribution in [0, 0.1) is 0 Å². The van der Waals surface area contributed by atoms with Crippen LogP contribution in [0.4, 0.5) is 5.95 Å². The Bertz CT molecular complexity index is 346. The molecule has 0 unspecified atom stereocenters. The molecular formula is C11H17BrN4. The third-order valence-corrected chi connectivity index (χ3v) is 3.84. The Morgan fingerprint density at radius 1 is 1.38 bits per heavy atom. The number of aromatic nitrogens is 2. The zero-order valence-electron chi connectivity index (χ0n) is 9.70. The van der Waals surface area contributed by atoms with Crippen molar-refractivity contribution < 1.29 is 0 Å². The average molecular weight is 285 g/mol. The van der Waals surface area contributed by atoms with E-state index in [-0.39, 0.29) is 0 Å². The summed E-state index contributed by atoms with van der Waals surface area (Å²) < 4.78 is 0.906. The van der Waals surface area contributed by atoms with Gasteiger partial charge < -0.3 is 10.2 Å². The van der Waals surface area contributed by atoms with Crippen LogP contribution in [0.15, 0.2) is 16.9 Å². The number of hydrogen-bond acceptors (Lipinski definition) is 4. The molecule has 0 atom stereocenters. The summed E-state index contributed by atoms with van der Waals surface area (Å²) in [5.41, 5.74) is 0.302. The van der Waals surface area contributed by atoms with Gasteiger partial charge in [0.2, 0.25) is 5.95 Å². The molecule has 0 bridgehead atoms. The zero-order valence-corrected chi connectivity index (χ0v) is 11.3. The summed E-state index contributed by atoms with van der Waals surface area (Å²) in [7, 11) is 4.28. The van der Waals surface area contributed by atoms with Gasteiger partial charge in [-0.15, -0.1) is 0 Å². The molecule has 1 aliphatic rings. The molecule has 5 heteroatoms. The molecule has 4 nitrogen and oxygen atoms in total. The Hall–Kier alpha value is -0.680. The maximum absolute atomic E-state index is 4.21. The van der Waals surface area contributed by atoms with Gasteiger partial charge in [-0.25, -0.2) is 9.97 Å². The Balaban J connectivity index is 1.93. The maximum Gasteiger partial charge on any atom is 0.222 e. The predicted octanol–water partition coefficient (Wildman–Crippen LogP) is 2.14. The molecule has 2 rings (SSSR count). The third kappa shape index (κ3) is 2.35. The van der Waals surface area contributed by atoms with E-state index < -0.39 is 0 Å². The van der Waals surface area contributed by atoms with Gasteiger partial charge in [0.15, 0.2) is 0 Å². The van der Waals surface area contributed by atoms with Crippen LogP contribution in [0.3, 0.4) is 0 Å². The summed E-state index contributed by atoms with van der Waals surface area (Å²) in [6.07, 6.45) is 7.35. The Kier molecular flexibility index (Phi) is 3.44. The first-order valence-electron chi connectivity index (χ1n) is 5.51. The van der Waals surface area contributed by atoms with Crippen molar-refractivity contribution >= 4 is 21.9 Å². The molecule has 1 fully saturated rings. The van der Waals surface area contributed by atoms with E-state index in [1.807, 2.05) is 0 Å². The molecule has 1 aliphatic carbocycles. The van der Waals surface area contributed by atoms with Crippen molar-refractivity contribution in [2.75, 3.05) is 26.0 Å². The van der Waals surface area contributed by atoms with Gasteiger partial charge in [0.1, 0.15) is 0 Å². The molecule has 88 valence electrons. The van der Waals surface area contributed by atoms with E-state index in [9.17, 15) is 0 Å². The molecule has 0 spiro atoms. The van der Waals surface area contributed by atoms with Crippen LogP contribution in [-0.2, 0) is 0 Å². The van der Waals surface area contributed by atoms with E-state index >= 15 is 0 Å². The van der Waals surface area contributed by atoms with Crippen molar-refractivity contribution in [2.45, 2.75) is 24.8 Å². The van der Waals surface area contributed by atoms with Crippen molar-refractivity contribution in [3.8, 4) is 0 Å². The first-order chi connectivity index (χ1) is 7.62. The molecule has 0 aliphatic heterocycles. The van der Waals surface area contributed by atoms with E-state index in [0.29, 0.717) is 11.5 Å². The molecule has 16 heavy (non-hydrogen) atoms. The van der Waals surface area contributed by atoms with Crippen molar-refractivity contribution in [2.24, 2.45) is 0 Å². The molecule has 1 saturated carbocycles. The van der Waals surface area contributed by atoms with Gasteiger partial charge >= 0.3 is 0 Å². The third-order valence-electron chi connectivity index (χ3n) is 3.43. The van der Waals surface area contributed by atoms with Gasteiger partial charge in [-0.2, -0.15) is 0 Å². The lowest BCUT2D eigenvalue weighted by atomic mass is 9.75. The van der Waals surface area contributed by atoms with Crippen molar-refractivity contribution in [3.63, 3.8) is 0 Å². The van der Waals surface area contributed by atoms with E-state index in [1.54, 1.807) is 12.4 Å². The number of rotatable bonds is 4. The highest BCUT2D eigenvalue weighted by atomic mass is 79.9. The van der Waals surface area contributed by atoms with Gasteiger partial charge in [-0.05, 0) is 49.3 Å². The van der Waals surface area contributed by atoms with E-state index in [4.69, 9.17) is 0 Å². The topological polar surface area (TPSA) is 41.0 Å². The second kappa shape index (κ2) is 4.67. The second-order valence-electron chi connectivity index (χ2n) is 4.55. The predicted molar refractivity (Wildman–Crippen MR) is 68.5 cm³/mol. The molecular weight excluding hydrogens is 268 g/mol. The minimum atomic E-state index is 0.302. The lowest BCUT2D eigenvalue weighted by Crippen LogP contribution is -2.54. The largest absolute Gasteiger partial charge is 0.352 e. The number of hydrogen-bond donors (Lipinski definition) is 1. The fraction of sp³-hybridized carbons (Fsp3) is 0.636. The SMILES string of the molecule is CN(C)C1(CNc2ncc(Br)cn2)CCC1. The van der Waals surface area contributed by atoms with E-state index in [1.165, 1.54) is 19.3 Å². The molecule has 0 amide bonds. The van der Waals surface area contributed by atoms with Crippen LogP contribution in [0.1, 0.15) is 19.3 Å². The molecule has 1 heterocycles. The highest BCUT2D eigenvalue weighted by Crippen LogP contribution is 2.35. The number of nitrogens with zero attached hydrogens (tertiary/aromatic N) is 3. The van der Waals surface area contributed by atoms with E-state index in [0.717, 1.165) is 11.0 Å². The summed E-state index contributed by atoms with van der Waals surface area (Å²) in [5.74, 6) is 0.705. The smallest absolute Gasteiger partial charge is 0.222 e. The number of likely N-dealkylation sites (N-methyl/N-ethyl adjacent to an activating group) is 1. The van der Waals surface area contributed by atoms with Gasteiger partial charge in [0.05, 0.1) is 4.47 Å². The lowest BCUT2D eigenvalue weighted by Gasteiger charge is -2.47. The summed E-state index contributed by atoms with van der Waals surface area (Å²) in [6, 6.07) is 0. The zero-order chi connectivity index (χ0) is 11.6. The van der Waals surface area contributed by atoms with Crippen LogP contribution in [0.5, 0.6) is 0 Å². The minimum Gasteiger partial charge on any atom is -0.352 e. The van der Waals surface area contributed by atoms with Crippen molar-refractivity contribution in [1.29, 1.82) is 0 Å².